The van der Waals surface area contributed by atoms with Crippen molar-refractivity contribution in [2.45, 2.75) is 19.8 Å². The molecule has 2 saturated heterocycles. The van der Waals surface area contributed by atoms with Crippen molar-refractivity contribution in [2.24, 2.45) is 11.3 Å². The molecule has 0 unspecified atom stereocenters. The van der Waals surface area contributed by atoms with E-state index in [2.05, 4.69) is 13.5 Å². The summed E-state index contributed by atoms with van der Waals surface area (Å²) >= 11 is 0. The molecule has 2 amide bonds. The maximum atomic E-state index is 12.9. The number of hydrogen-bond acceptors (Lipinski definition) is 3. The molecule has 5 nitrogen and oxygen atoms in total. The molecule has 2 aliphatic rings. The zero-order chi connectivity index (χ0) is 18.0. The van der Waals surface area contributed by atoms with E-state index < -0.39 is 5.41 Å². The quantitative estimate of drug-likeness (QED) is 0.770. The van der Waals surface area contributed by atoms with Gasteiger partial charge in [0.1, 0.15) is 5.75 Å². The molecule has 0 N–H and O–H groups in total. The standard InChI is InChI=1S/C20H26N2O3/c1-4-10-21-11-9-20(19(21)24)14-22(13-15(20)2)18(23)12-16-5-7-17(25-3)8-6-16/h4-8,15H,1,9-14H2,2-3H3/t15-,20-/m1/s1. The first-order valence-electron chi connectivity index (χ1n) is 8.81. The molecule has 25 heavy (non-hydrogen) atoms. The Morgan fingerprint density at radius 3 is 2.76 bits per heavy atom. The van der Waals surface area contributed by atoms with Gasteiger partial charge in [0.2, 0.25) is 11.8 Å². The summed E-state index contributed by atoms with van der Waals surface area (Å²) < 4.78 is 5.15. The maximum absolute atomic E-state index is 12.9. The Labute approximate surface area is 149 Å². The number of ether oxygens (including phenoxy) is 1. The molecule has 2 aliphatic heterocycles. The van der Waals surface area contributed by atoms with Gasteiger partial charge in [-0.05, 0) is 30.0 Å². The van der Waals surface area contributed by atoms with E-state index in [1.54, 1.807) is 13.2 Å². The minimum atomic E-state index is -0.404. The molecule has 134 valence electrons. The number of likely N-dealkylation sites (tertiary alicyclic amines) is 2. The Balaban J connectivity index is 1.67. The van der Waals surface area contributed by atoms with Crippen molar-refractivity contribution in [1.82, 2.24) is 9.80 Å². The topological polar surface area (TPSA) is 49.9 Å². The number of carbonyl (C=O) groups is 2. The second-order valence-electron chi connectivity index (χ2n) is 7.15. The highest BCUT2D eigenvalue weighted by molar-refractivity contribution is 5.88. The summed E-state index contributed by atoms with van der Waals surface area (Å²) in [5, 5.41) is 0. The second-order valence-corrected chi connectivity index (χ2v) is 7.15. The third kappa shape index (κ3) is 3.15. The van der Waals surface area contributed by atoms with Gasteiger partial charge in [0.25, 0.3) is 0 Å². The van der Waals surface area contributed by atoms with Crippen molar-refractivity contribution in [3.63, 3.8) is 0 Å². The Morgan fingerprint density at radius 1 is 1.40 bits per heavy atom. The summed E-state index contributed by atoms with van der Waals surface area (Å²) in [6.45, 7) is 8.36. The Bertz CT molecular complexity index is 670. The van der Waals surface area contributed by atoms with Crippen molar-refractivity contribution in [3.8, 4) is 5.75 Å². The molecule has 0 aromatic heterocycles. The first-order chi connectivity index (χ1) is 12.0. The molecule has 0 aliphatic carbocycles. The first-order valence-corrected chi connectivity index (χ1v) is 8.81. The Morgan fingerprint density at radius 2 is 2.12 bits per heavy atom. The fourth-order valence-corrected chi connectivity index (χ4v) is 4.08. The monoisotopic (exact) mass is 342 g/mol. The zero-order valence-electron chi connectivity index (χ0n) is 15.0. The molecule has 0 bridgehead atoms. The van der Waals surface area contributed by atoms with Crippen LogP contribution in [0.1, 0.15) is 18.9 Å². The van der Waals surface area contributed by atoms with Gasteiger partial charge in [-0.1, -0.05) is 25.1 Å². The van der Waals surface area contributed by atoms with Crippen LogP contribution in [0.25, 0.3) is 0 Å². The van der Waals surface area contributed by atoms with Crippen LogP contribution in [0.3, 0.4) is 0 Å². The summed E-state index contributed by atoms with van der Waals surface area (Å²) in [6, 6.07) is 7.56. The normalized spacial score (nSPS) is 25.7. The molecule has 0 saturated carbocycles. The zero-order valence-corrected chi connectivity index (χ0v) is 15.0. The highest BCUT2D eigenvalue weighted by Crippen LogP contribution is 2.44. The molecule has 1 aromatic carbocycles. The van der Waals surface area contributed by atoms with E-state index in [0.717, 1.165) is 24.3 Å². The predicted octanol–water partition coefficient (Wildman–Crippen LogP) is 2.12. The van der Waals surface area contributed by atoms with Crippen LogP contribution < -0.4 is 4.74 Å². The van der Waals surface area contributed by atoms with Gasteiger partial charge in [-0.2, -0.15) is 0 Å². The van der Waals surface area contributed by atoms with Gasteiger partial charge in [-0.15, -0.1) is 6.58 Å². The van der Waals surface area contributed by atoms with Crippen molar-refractivity contribution >= 4 is 11.8 Å². The van der Waals surface area contributed by atoms with Crippen LogP contribution in [0, 0.1) is 11.3 Å². The second kappa shape index (κ2) is 6.90. The van der Waals surface area contributed by atoms with E-state index in [9.17, 15) is 9.59 Å². The van der Waals surface area contributed by atoms with Crippen molar-refractivity contribution in [1.29, 1.82) is 0 Å². The number of benzene rings is 1. The van der Waals surface area contributed by atoms with Crippen molar-refractivity contribution in [2.75, 3.05) is 33.3 Å². The molecule has 2 fully saturated rings. The van der Waals surface area contributed by atoms with Crippen LogP contribution in [0.5, 0.6) is 5.75 Å². The predicted molar refractivity (Wildman–Crippen MR) is 96.3 cm³/mol. The van der Waals surface area contributed by atoms with Gasteiger partial charge in [-0.25, -0.2) is 0 Å². The lowest BCUT2D eigenvalue weighted by molar-refractivity contribution is -0.137. The van der Waals surface area contributed by atoms with E-state index in [0.29, 0.717) is 26.1 Å². The number of carbonyl (C=O) groups excluding carboxylic acids is 2. The lowest BCUT2D eigenvalue weighted by Crippen LogP contribution is -2.40. The molecular formula is C20H26N2O3. The van der Waals surface area contributed by atoms with Crippen molar-refractivity contribution in [3.05, 3.63) is 42.5 Å². The van der Waals surface area contributed by atoms with E-state index in [1.807, 2.05) is 34.1 Å². The minimum Gasteiger partial charge on any atom is -0.497 e. The van der Waals surface area contributed by atoms with E-state index in [4.69, 9.17) is 4.74 Å². The smallest absolute Gasteiger partial charge is 0.231 e. The Kier molecular flexibility index (Phi) is 4.84. The van der Waals surface area contributed by atoms with Gasteiger partial charge in [0.15, 0.2) is 0 Å². The van der Waals surface area contributed by atoms with Crippen LogP contribution in [0.15, 0.2) is 36.9 Å². The number of amides is 2. The lowest BCUT2D eigenvalue weighted by atomic mass is 9.78. The van der Waals surface area contributed by atoms with Gasteiger partial charge >= 0.3 is 0 Å². The number of nitrogens with zero attached hydrogens (tertiary/aromatic N) is 2. The van der Waals surface area contributed by atoms with Gasteiger partial charge in [0, 0.05) is 26.2 Å². The van der Waals surface area contributed by atoms with Gasteiger partial charge < -0.3 is 14.5 Å². The molecule has 2 heterocycles. The van der Waals surface area contributed by atoms with Crippen LogP contribution in [-0.4, -0.2) is 54.9 Å². The summed E-state index contributed by atoms with van der Waals surface area (Å²) in [7, 11) is 1.62. The number of rotatable bonds is 5. The SMILES string of the molecule is C=CCN1CC[C@]2(CN(C(=O)Cc3ccc(OC)cc3)C[C@H]2C)C1=O. The highest BCUT2D eigenvalue weighted by atomic mass is 16.5. The van der Waals surface area contributed by atoms with Crippen LogP contribution in [0.4, 0.5) is 0 Å². The third-order valence-corrected chi connectivity index (χ3v) is 5.67. The number of methoxy groups -OCH3 is 1. The number of hydrogen-bond donors (Lipinski definition) is 0. The van der Waals surface area contributed by atoms with E-state index in [-0.39, 0.29) is 17.7 Å². The summed E-state index contributed by atoms with van der Waals surface area (Å²) in [5.74, 6) is 1.24. The molecule has 1 aromatic rings. The average Bonchev–Trinajstić information content (AvgIpc) is 3.11. The largest absolute Gasteiger partial charge is 0.497 e. The molecule has 3 rings (SSSR count). The molecule has 0 radical (unpaired) electrons. The van der Waals surface area contributed by atoms with Crippen molar-refractivity contribution < 1.29 is 14.3 Å². The fraction of sp³-hybridized carbons (Fsp3) is 0.500. The van der Waals surface area contributed by atoms with E-state index >= 15 is 0 Å². The van der Waals surface area contributed by atoms with Gasteiger partial charge in [-0.3, -0.25) is 9.59 Å². The summed E-state index contributed by atoms with van der Waals surface area (Å²) in [4.78, 5) is 29.3. The summed E-state index contributed by atoms with van der Waals surface area (Å²) in [6.07, 6.45) is 2.95. The average molecular weight is 342 g/mol. The van der Waals surface area contributed by atoms with Crippen LogP contribution in [-0.2, 0) is 16.0 Å². The lowest BCUT2D eigenvalue weighted by Gasteiger charge is -2.26. The van der Waals surface area contributed by atoms with Crippen LogP contribution in [0.2, 0.25) is 0 Å². The molecular weight excluding hydrogens is 316 g/mol. The van der Waals surface area contributed by atoms with Crippen LogP contribution >= 0.6 is 0 Å². The molecule has 1 spiro atoms. The molecule has 2 atom stereocenters. The summed E-state index contributed by atoms with van der Waals surface area (Å²) in [5.41, 5.74) is 0.559. The first kappa shape index (κ1) is 17.5. The van der Waals surface area contributed by atoms with Gasteiger partial charge in [0.05, 0.1) is 18.9 Å². The van der Waals surface area contributed by atoms with E-state index in [1.165, 1.54) is 0 Å². The minimum absolute atomic E-state index is 0.0869. The highest BCUT2D eigenvalue weighted by Gasteiger charge is 2.55. The Hall–Kier alpha value is -2.30. The fourth-order valence-electron chi connectivity index (χ4n) is 4.08. The molecule has 5 heteroatoms. The maximum Gasteiger partial charge on any atom is 0.231 e. The third-order valence-electron chi connectivity index (χ3n) is 5.67.